The Morgan fingerprint density at radius 3 is 2.76 bits per heavy atom. The molecule has 0 radical (unpaired) electrons. The van der Waals surface area contributed by atoms with Crippen LogP contribution in [-0.2, 0) is 11.2 Å². The number of nitrogens with one attached hydrogen (secondary N) is 4. The van der Waals surface area contributed by atoms with E-state index in [1.54, 1.807) is 6.08 Å². The van der Waals surface area contributed by atoms with Crippen LogP contribution in [0, 0.1) is 12.0 Å². The third kappa shape index (κ3) is 8.84. The SMILES string of the molecule is C#[N+]C(C=N)=CC1=CC=C(c2cc(NC(C)C)c(CCCNCC(F)(F)CNC(C)=O)cn2)[NH2+]1. The molecule has 2 rings (SSSR count). The Hall–Kier alpha value is -3.42. The summed E-state index contributed by atoms with van der Waals surface area (Å²) in [5.41, 5.74) is 4.91. The van der Waals surface area contributed by atoms with Gasteiger partial charge >= 0.3 is 5.70 Å². The van der Waals surface area contributed by atoms with Gasteiger partial charge < -0.3 is 21.4 Å². The van der Waals surface area contributed by atoms with Crippen molar-refractivity contribution in [3.05, 3.63) is 58.0 Å². The molecule has 0 spiro atoms. The van der Waals surface area contributed by atoms with Crippen molar-refractivity contribution < 1.29 is 18.9 Å². The fourth-order valence-corrected chi connectivity index (χ4v) is 3.28. The van der Waals surface area contributed by atoms with E-state index in [0.29, 0.717) is 25.1 Å². The van der Waals surface area contributed by atoms with Gasteiger partial charge in [-0.1, -0.05) is 0 Å². The van der Waals surface area contributed by atoms with Crippen molar-refractivity contribution in [2.45, 2.75) is 45.6 Å². The van der Waals surface area contributed by atoms with E-state index in [1.807, 2.05) is 43.6 Å². The van der Waals surface area contributed by atoms with Gasteiger partial charge in [-0.15, -0.1) is 0 Å². The van der Waals surface area contributed by atoms with E-state index in [-0.39, 0.29) is 6.04 Å². The number of allylic oxidation sites excluding steroid dienone is 4. The highest BCUT2D eigenvalue weighted by Crippen LogP contribution is 2.22. The van der Waals surface area contributed by atoms with E-state index in [0.717, 1.165) is 34.6 Å². The first kappa shape index (κ1) is 26.8. The monoisotopic (exact) mass is 473 g/mol. The first-order valence-corrected chi connectivity index (χ1v) is 11.1. The Kier molecular flexibility index (Phi) is 10.0. The van der Waals surface area contributed by atoms with Crippen molar-refractivity contribution in [2.24, 2.45) is 0 Å². The zero-order chi connectivity index (χ0) is 25.1. The molecule has 6 N–H and O–H groups in total. The molecule has 0 atom stereocenters. The molecule has 0 aliphatic carbocycles. The summed E-state index contributed by atoms with van der Waals surface area (Å²) in [6.07, 6.45) is 9.78. The number of alkyl halides is 2. The van der Waals surface area contributed by atoms with E-state index >= 15 is 0 Å². The number of hydrogen-bond acceptors (Lipinski definition) is 5. The van der Waals surface area contributed by atoms with Gasteiger partial charge in [0.25, 0.3) is 12.5 Å². The smallest absolute Gasteiger partial charge is 0.363 e. The van der Waals surface area contributed by atoms with Gasteiger partial charge in [-0.2, -0.15) is 0 Å². The van der Waals surface area contributed by atoms with Crippen molar-refractivity contribution in [2.75, 3.05) is 25.0 Å². The predicted octanol–water partition coefficient (Wildman–Crippen LogP) is 2.49. The van der Waals surface area contributed by atoms with Gasteiger partial charge in [-0.25, -0.2) is 8.78 Å². The minimum Gasteiger partial charge on any atom is -0.383 e. The molecule has 1 aliphatic heterocycles. The van der Waals surface area contributed by atoms with Crippen molar-refractivity contribution >= 4 is 23.5 Å². The largest absolute Gasteiger partial charge is 0.383 e. The Labute approximate surface area is 198 Å². The van der Waals surface area contributed by atoms with E-state index in [1.165, 1.54) is 6.92 Å². The minimum atomic E-state index is -3.00. The Bertz CT molecular complexity index is 1020. The molecule has 10 heteroatoms. The lowest BCUT2D eigenvalue weighted by molar-refractivity contribution is -0.499. The molecule has 0 aromatic carbocycles. The number of nitrogens with zero attached hydrogens (tertiary/aromatic N) is 2. The number of rotatable bonds is 13. The number of aryl methyl sites for hydroxylation is 1. The summed E-state index contributed by atoms with van der Waals surface area (Å²) in [6.45, 7) is 9.82. The van der Waals surface area contributed by atoms with Crippen LogP contribution in [0.2, 0.25) is 0 Å². The van der Waals surface area contributed by atoms with Crippen LogP contribution in [-0.4, -0.2) is 48.7 Å². The second kappa shape index (κ2) is 12.7. The quantitative estimate of drug-likeness (QED) is 0.224. The normalized spacial score (nSPS) is 13.9. The lowest BCUT2D eigenvalue weighted by atomic mass is 10.1. The van der Waals surface area contributed by atoms with Crippen LogP contribution >= 0.6 is 0 Å². The molecule has 1 aromatic heterocycles. The summed E-state index contributed by atoms with van der Waals surface area (Å²) in [7, 11) is 0. The molecular weight excluding hydrogens is 440 g/mol. The highest BCUT2D eigenvalue weighted by Gasteiger charge is 2.28. The number of quaternary nitrogens is 1. The highest BCUT2D eigenvalue weighted by molar-refractivity contribution is 5.79. The minimum absolute atomic E-state index is 0.207. The van der Waals surface area contributed by atoms with Gasteiger partial charge in [0.05, 0.1) is 19.2 Å². The lowest BCUT2D eigenvalue weighted by Crippen LogP contribution is -2.77. The van der Waals surface area contributed by atoms with Gasteiger partial charge in [-0.05, 0) is 49.7 Å². The Balaban J connectivity index is 1.96. The molecule has 0 saturated heterocycles. The van der Waals surface area contributed by atoms with Crippen LogP contribution in [0.15, 0.2) is 41.9 Å². The van der Waals surface area contributed by atoms with E-state index in [9.17, 15) is 13.6 Å². The highest BCUT2D eigenvalue weighted by atomic mass is 19.3. The van der Waals surface area contributed by atoms with Crippen LogP contribution in [0.25, 0.3) is 10.5 Å². The summed E-state index contributed by atoms with van der Waals surface area (Å²) >= 11 is 0. The summed E-state index contributed by atoms with van der Waals surface area (Å²) in [5, 5.41) is 17.6. The molecule has 8 nitrogen and oxygen atoms in total. The predicted molar refractivity (Wildman–Crippen MR) is 131 cm³/mol. The number of pyridine rings is 1. The molecule has 0 bridgehead atoms. The fourth-order valence-electron chi connectivity index (χ4n) is 3.28. The number of carbonyl (C=O) groups is 1. The molecule has 182 valence electrons. The average molecular weight is 474 g/mol. The van der Waals surface area contributed by atoms with Crippen LogP contribution in [0.3, 0.4) is 0 Å². The standard InChI is InChI=1S/C24H31F2N7O/c1-16(2)32-22-11-23(21-8-7-19(33-21)10-20(12-27)28-4)30-13-18(22)6-5-9-29-14-24(25,26)15-31-17(3)34/h4,7-8,10-13,16,29H,5-6,9,14-15H2,1-3H3,(H3-,27,30,31,32,33,34)/p+2. The number of nitrogens with two attached hydrogens (primary N) is 1. The van der Waals surface area contributed by atoms with E-state index in [2.05, 4.69) is 25.8 Å². The van der Waals surface area contributed by atoms with Crippen LogP contribution in [0.4, 0.5) is 14.5 Å². The third-order valence-corrected chi connectivity index (χ3v) is 4.89. The molecule has 0 saturated carbocycles. The number of anilines is 1. The molecule has 0 fully saturated rings. The third-order valence-electron chi connectivity index (χ3n) is 4.89. The van der Waals surface area contributed by atoms with Crippen LogP contribution in [0.1, 0.15) is 38.4 Å². The lowest BCUT2D eigenvalue weighted by Gasteiger charge is -2.18. The van der Waals surface area contributed by atoms with Crippen molar-refractivity contribution in [3.63, 3.8) is 0 Å². The van der Waals surface area contributed by atoms with E-state index in [4.69, 9.17) is 12.0 Å². The van der Waals surface area contributed by atoms with Crippen LogP contribution in [0.5, 0.6) is 0 Å². The zero-order valence-corrected chi connectivity index (χ0v) is 19.8. The molecule has 1 amide bonds. The maximum atomic E-state index is 13.7. The van der Waals surface area contributed by atoms with Crippen LogP contribution < -0.4 is 21.3 Å². The molecule has 0 unspecified atom stereocenters. The summed E-state index contributed by atoms with van der Waals surface area (Å²) in [4.78, 5) is 19.0. The van der Waals surface area contributed by atoms with Crippen molar-refractivity contribution in [1.82, 2.24) is 15.6 Å². The number of hydrogen-bond donors (Lipinski definition) is 5. The molecular formula is C24H33F2N7O+2. The number of halogens is 2. The molecule has 2 heterocycles. The van der Waals surface area contributed by atoms with Gasteiger partial charge in [0.2, 0.25) is 5.91 Å². The maximum Gasteiger partial charge on any atom is 0.363 e. The van der Waals surface area contributed by atoms with Crippen molar-refractivity contribution in [1.29, 1.82) is 5.41 Å². The second-order valence-electron chi connectivity index (χ2n) is 8.35. The van der Waals surface area contributed by atoms with E-state index < -0.39 is 24.9 Å². The zero-order valence-electron chi connectivity index (χ0n) is 19.8. The summed E-state index contributed by atoms with van der Waals surface area (Å²) in [5.74, 6) is -3.47. The first-order valence-electron chi connectivity index (χ1n) is 11.1. The van der Waals surface area contributed by atoms with Gasteiger partial charge in [-0.3, -0.25) is 15.1 Å². The van der Waals surface area contributed by atoms with Gasteiger partial charge in [0.1, 0.15) is 17.6 Å². The second-order valence-corrected chi connectivity index (χ2v) is 8.35. The Morgan fingerprint density at radius 2 is 2.12 bits per heavy atom. The average Bonchev–Trinajstić information content (AvgIpc) is 3.25. The van der Waals surface area contributed by atoms with Gasteiger partial charge in [0, 0.05) is 37.0 Å². The van der Waals surface area contributed by atoms with Crippen molar-refractivity contribution in [3.8, 4) is 6.57 Å². The van der Waals surface area contributed by atoms with Gasteiger partial charge in [0.15, 0.2) is 5.70 Å². The Morgan fingerprint density at radius 1 is 1.35 bits per heavy atom. The molecule has 1 aliphatic rings. The molecule has 34 heavy (non-hydrogen) atoms. The fraction of sp³-hybridized carbons (Fsp3) is 0.417. The number of amides is 1. The topological polar surface area (TPSA) is 111 Å². The molecule has 1 aromatic rings. The summed E-state index contributed by atoms with van der Waals surface area (Å²) in [6, 6.07) is 2.19. The summed E-state index contributed by atoms with van der Waals surface area (Å²) < 4.78 is 27.5. The number of carbonyl (C=O) groups excluding carboxylic acids is 1. The first-order chi connectivity index (χ1) is 16.1. The maximum absolute atomic E-state index is 13.7. The number of aromatic nitrogens is 1.